The molecule has 0 saturated heterocycles. The molecule has 1 aromatic heterocycles. The van der Waals surface area contributed by atoms with E-state index in [-0.39, 0.29) is 11.9 Å². The molecule has 0 unspecified atom stereocenters. The maximum absolute atomic E-state index is 13.5. The number of rotatable bonds is 6. The van der Waals surface area contributed by atoms with Crippen LogP contribution >= 0.6 is 11.8 Å². The van der Waals surface area contributed by atoms with Gasteiger partial charge in [-0.1, -0.05) is 72.4 Å². The van der Waals surface area contributed by atoms with Crippen molar-refractivity contribution in [2.45, 2.75) is 30.3 Å². The minimum absolute atomic E-state index is 0.0961. The van der Waals surface area contributed by atoms with Crippen molar-refractivity contribution >= 4 is 23.4 Å². The Morgan fingerprint density at radius 2 is 1.76 bits per heavy atom. The molecule has 3 aromatic carbocycles. The number of hydrogen-bond acceptors (Lipinski definition) is 6. The van der Waals surface area contributed by atoms with Gasteiger partial charge in [0.15, 0.2) is 5.82 Å². The number of carbonyl (C=O) groups is 1. The lowest BCUT2D eigenvalue weighted by atomic mass is 10.0. The Morgan fingerprint density at radius 3 is 2.50 bits per heavy atom. The van der Waals surface area contributed by atoms with Gasteiger partial charge >= 0.3 is 0 Å². The van der Waals surface area contributed by atoms with Gasteiger partial charge in [0, 0.05) is 11.3 Å². The lowest BCUT2D eigenvalue weighted by molar-refractivity contribution is -0.116. The molecule has 0 bridgehead atoms. The standard InChI is InChI=1S/C26H25N5O2S/c1-3-33-20-15-13-18(14-16-20)22-23(25(32)27-21-12-8-7-9-17(21)2)34-26-29-28-24(31(26)30-22)19-10-5-4-6-11-19/h4-16,22-23,30H,3H2,1-2H3,(H,27,32)/t22-,23-/m1/s1. The van der Waals surface area contributed by atoms with Crippen LogP contribution in [0.25, 0.3) is 11.4 Å². The fraction of sp³-hybridized carbons (Fsp3) is 0.192. The third-order valence-electron chi connectivity index (χ3n) is 5.68. The summed E-state index contributed by atoms with van der Waals surface area (Å²) in [6.45, 7) is 4.54. The monoisotopic (exact) mass is 471 g/mol. The van der Waals surface area contributed by atoms with Crippen LogP contribution in [0.2, 0.25) is 0 Å². The lowest BCUT2D eigenvalue weighted by Gasteiger charge is -2.33. The summed E-state index contributed by atoms with van der Waals surface area (Å²) in [7, 11) is 0. The number of carbonyl (C=O) groups excluding carboxylic acids is 1. The first kappa shape index (κ1) is 22.0. The zero-order chi connectivity index (χ0) is 23.5. The molecule has 34 heavy (non-hydrogen) atoms. The fourth-order valence-corrected chi connectivity index (χ4v) is 5.01. The molecular weight excluding hydrogens is 446 g/mol. The Morgan fingerprint density at radius 1 is 1.03 bits per heavy atom. The van der Waals surface area contributed by atoms with Gasteiger partial charge in [-0.25, -0.2) is 4.68 Å². The Balaban J connectivity index is 1.51. The highest BCUT2D eigenvalue weighted by Gasteiger charge is 2.38. The summed E-state index contributed by atoms with van der Waals surface area (Å²) in [6, 6.07) is 25.2. The molecule has 0 spiro atoms. The Bertz CT molecular complexity index is 1290. The van der Waals surface area contributed by atoms with Crippen molar-refractivity contribution in [3.05, 3.63) is 90.0 Å². The van der Waals surface area contributed by atoms with Crippen LogP contribution < -0.4 is 15.5 Å². The number of benzene rings is 3. The number of para-hydroxylation sites is 1. The number of anilines is 1. The smallest absolute Gasteiger partial charge is 0.240 e. The first-order chi connectivity index (χ1) is 16.6. The number of ether oxygens (including phenoxy) is 1. The second-order valence-corrected chi connectivity index (χ2v) is 9.07. The van der Waals surface area contributed by atoms with Crippen molar-refractivity contribution in [2.75, 3.05) is 17.3 Å². The molecule has 1 aliphatic heterocycles. The van der Waals surface area contributed by atoms with Gasteiger partial charge in [-0.2, -0.15) is 0 Å². The number of nitrogens with one attached hydrogen (secondary N) is 2. The van der Waals surface area contributed by atoms with Gasteiger partial charge < -0.3 is 15.5 Å². The molecule has 1 aliphatic rings. The van der Waals surface area contributed by atoms with Gasteiger partial charge in [-0.15, -0.1) is 10.2 Å². The van der Waals surface area contributed by atoms with Crippen molar-refractivity contribution in [1.82, 2.24) is 14.9 Å². The Kier molecular flexibility index (Phi) is 6.22. The normalized spacial score (nSPS) is 16.9. The summed E-state index contributed by atoms with van der Waals surface area (Å²) in [5.74, 6) is 1.41. The van der Waals surface area contributed by atoms with E-state index in [0.717, 1.165) is 28.1 Å². The molecule has 8 heteroatoms. The lowest BCUT2D eigenvalue weighted by Crippen LogP contribution is -2.41. The molecule has 1 amide bonds. The number of aromatic nitrogens is 3. The third-order valence-corrected chi connectivity index (χ3v) is 6.90. The molecule has 172 valence electrons. The second kappa shape index (κ2) is 9.61. The van der Waals surface area contributed by atoms with E-state index >= 15 is 0 Å². The van der Waals surface area contributed by atoms with E-state index in [2.05, 4.69) is 20.9 Å². The third kappa shape index (κ3) is 4.36. The van der Waals surface area contributed by atoms with Crippen molar-refractivity contribution in [3.63, 3.8) is 0 Å². The zero-order valence-electron chi connectivity index (χ0n) is 18.9. The SMILES string of the molecule is CCOc1ccc([C@H]2Nn3c(nnc3-c3ccccc3)S[C@H]2C(=O)Nc2ccccc2C)cc1. The number of thioether (sulfide) groups is 1. The number of aryl methyl sites for hydroxylation is 1. The summed E-state index contributed by atoms with van der Waals surface area (Å²) in [6.07, 6.45) is 0. The van der Waals surface area contributed by atoms with Gasteiger partial charge in [0.1, 0.15) is 11.0 Å². The molecule has 0 radical (unpaired) electrons. The van der Waals surface area contributed by atoms with Crippen LogP contribution in [0.3, 0.4) is 0 Å². The van der Waals surface area contributed by atoms with Crippen molar-refractivity contribution in [2.24, 2.45) is 0 Å². The van der Waals surface area contributed by atoms with E-state index in [0.29, 0.717) is 17.6 Å². The Hall–Kier alpha value is -3.78. The van der Waals surface area contributed by atoms with E-state index in [9.17, 15) is 4.79 Å². The number of hydrogen-bond donors (Lipinski definition) is 2. The molecule has 2 heterocycles. The van der Waals surface area contributed by atoms with Crippen LogP contribution in [-0.2, 0) is 4.79 Å². The van der Waals surface area contributed by atoms with Crippen molar-refractivity contribution in [1.29, 1.82) is 0 Å². The highest BCUT2D eigenvalue weighted by Crippen LogP contribution is 2.39. The fourth-order valence-electron chi connectivity index (χ4n) is 3.93. The number of nitrogens with zero attached hydrogens (tertiary/aromatic N) is 3. The van der Waals surface area contributed by atoms with E-state index < -0.39 is 5.25 Å². The minimum Gasteiger partial charge on any atom is -0.494 e. The molecular formula is C26H25N5O2S. The Labute approximate surface area is 202 Å². The van der Waals surface area contributed by atoms with Gasteiger partial charge in [0.25, 0.3) is 0 Å². The van der Waals surface area contributed by atoms with Gasteiger partial charge in [-0.05, 0) is 43.2 Å². The molecule has 5 rings (SSSR count). The maximum atomic E-state index is 13.5. The van der Waals surface area contributed by atoms with Gasteiger partial charge in [0.05, 0.1) is 12.6 Å². The summed E-state index contributed by atoms with van der Waals surface area (Å²) < 4.78 is 7.48. The largest absolute Gasteiger partial charge is 0.494 e. The highest BCUT2D eigenvalue weighted by molar-refractivity contribution is 8.00. The summed E-state index contributed by atoms with van der Waals surface area (Å²) in [5, 5.41) is 12.1. The van der Waals surface area contributed by atoms with Crippen molar-refractivity contribution < 1.29 is 9.53 Å². The predicted octanol–water partition coefficient (Wildman–Crippen LogP) is 5.05. The average Bonchev–Trinajstić information content (AvgIpc) is 3.29. The van der Waals surface area contributed by atoms with E-state index in [1.807, 2.05) is 97.4 Å². The maximum Gasteiger partial charge on any atom is 0.240 e. The van der Waals surface area contributed by atoms with E-state index in [1.54, 1.807) is 0 Å². The van der Waals surface area contributed by atoms with Crippen LogP contribution in [-0.4, -0.2) is 32.6 Å². The first-order valence-corrected chi connectivity index (χ1v) is 12.1. The van der Waals surface area contributed by atoms with Gasteiger partial charge in [0.2, 0.25) is 11.1 Å². The molecule has 2 N–H and O–H groups in total. The van der Waals surface area contributed by atoms with Crippen LogP contribution in [0, 0.1) is 6.92 Å². The summed E-state index contributed by atoms with van der Waals surface area (Å²) >= 11 is 1.41. The quantitative estimate of drug-likeness (QED) is 0.410. The first-order valence-electron chi connectivity index (χ1n) is 11.2. The number of amides is 1. The molecule has 2 atom stereocenters. The number of fused-ring (bicyclic) bond motifs is 1. The topological polar surface area (TPSA) is 81.1 Å². The zero-order valence-corrected chi connectivity index (χ0v) is 19.8. The van der Waals surface area contributed by atoms with E-state index in [1.165, 1.54) is 11.8 Å². The summed E-state index contributed by atoms with van der Waals surface area (Å²) in [5.41, 5.74) is 7.24. The molecule has 0 saturated carbocycles. The second-order valence-electron chi connectivity index (χ2n) is 7.96. The van der Waals surface area contributed by atoms with E-state index in [4.69, 9.17) is 4.74 Å². The van der Waals surface area contributed by atoms with Crippen molar-refractivity contribution in [3.8, 4) is 17.1 Å². The summed E-state index contributed by atoms with van der Waals surface area (Å²) in [4.78, 5) is 13.5. The van der Waals surface area contributed by atoms with Crippen LogP contribution in [0.5, 0.6) is 5.75 Å². The molecule has 0 fully saturated rings. The predicted molar refractivity (Wildman–Crippen MR) is 135 cm³/mol. The van der Waals surface area contributed by atoms with Crippen LogP contribution in [0.15, 0.2) is 84.0 Å². The average molecular weight is 472 g/mol. The molecule has 0 aliphatic carbocycles. The molecule has 7 nitrogen and oxygen atoms in total. The van der Waals surface area contributed by atoms with Gasteiger partial charge in [-0.3, -0.25) is 4.79 Å². The molecule has 4 aromatic rings. The minimum atomic E-state index is -0.460. The van der Waals surface area contributed by atoms with Crippen LogP contribution in [0.4, 0.5) is 5.69 Å². The van der Waals surface area contributed by atoms with Crippen LogP contribution in [0.1, 0.15) is 24.1 Å². The highest BCUT2D eigenvalue weighted by atomic mass is 32.2.